The van der Waals surface area contributed by atoms with Gasteiger partial charge in [0.2, 0.25) is 0 Å². The van der Waals surface area contributed by atoms with Gasteiger partial charge in [-0.1, -0.05) is 12.1 Å². The quantitative estimate of drug-likeness (QED) is 0.459. The molecule has 5 nitrogen and oxygen atoms in total. The Morgan fingerprint density at radius 3 is 2.71 bits per heavy atom. The maximum absolute atomic E-state index is 12.8. The van der Waals surface area contributed by atoms with Crippen molar-refractivity contribution in [1.82, 2.24) is 4.90 Å². The molecule has 1 saturated carbocycles. The molecule has 1 aromatic carbocycles. The molecule has 21 heavy (non-hydrogen) atoms. The summed E-state index contributed by atoms with van der Waals surface area (Å²) in [6, 6.07) is 4.93. The third kappa shape index (κ3) is 3.35. The van der Waals surface area contributed by atoms with E-state index in [0.717, 1.165) is 19.3 Å². The average molecular weight is 311 g/mol. The number of aryl methyl sites for hydroxylation is 1. The van der Waals surface area contributed by atoms with Gasteiger partial charge >= 0.3 is 0 Å². The Morgan fingerprint density at radius 2 is 2.19 bits per heavy atom. The van der Waals surface area contributed by atoms with Gasteiger partial charge in [-0.15, -0.1) is 11.6 Å². The molecular weight excluding hydrogens is 292 g/mol. The van der Waals surface area contributed by atoms with Crippen molar-refractivity contribution in [3.05, 3.63) is 39.4 Å². The van der Waals surface area contributed by atoms with Gasteiger partial charge in [0.05, 0.1) is 4.92 Å². The molecule has 1 aliphatic carbocycles. The summed E-state index contributed by atoms with van der Waals surface area (Å²) in [6.45, 7) is 2.29. The van der Waals surface area contributed by atoms with Crippen LogP contribution in [0.2, 0.25) is 0 Å². The Morgan fingerprint density at radius 1 is 1.48 bits per heavy atom. The molecule has 0 aliphatic heterocycles. The number of benzene rings is 1. The Kier molecular flexibility index (Phi) is 5.17. The molecule has 0 aromatic heterocycles. The number of halogens is 1. The minimum Gasteiger partial charge on any atom is -0.335 e. The minimum atomic E-state index is -0.485. The molecule has 0 atom stereocenters. The number of amides is 1. The van der Waals surface area contributed by atoms with Gasteiger partial charge in [0.15, 0.2) is 0 Å². The van der Waals surface area contributed by atoms with Gasteiger partial charge < -0.3 is 4.90 Å². The Bertz CT molecular complexity index is 544. The molecule has 114 valence electrons. The molecule has 0 unspecified atom stereocenters. The van der Waals surface area contributed by atoms with E-state index in [4.69, 9.17) is 11.6 Å². The van der Waals surface area contributed by atoms with Crippen LogP contribution >= 0.6 is 11.6 Å². The molecule has 6 heteroatoms. The second kappa shape index (κ2) is 6.89. The lowest BCUT2D eigenvalue weighted by molar-refractivity contribution is -0.385. The van der Waals surface area contributed by atoms with E-state index in [1.165, 1.54) is 6.07 Å². The minimum absolute atomic E-state index is 0.116. The van der Waals surface area contributed by atoms with Gasteiger partial charge in [0, 0.05) is 24.5 Å². The predicted octanol–water partition coefficient (Wildman–Crippen LogP) is 3.53. The summed E-state index contributed by atoms with van der Waals surface area (Å²) in [6.07, 6.45) is 3.73. The number of hydrogen-bond acceptors (Lipinski definition) is 3. The van der Waals surface area contributed by atoms with E-state index < -0.39 is 4.92 Å². The fourth-order valence-corrected chi connectivity index (χ4v) is 2.72. The van der Waals surface area contributed by atoms with Crippen LogP contribution in [0.25, 0.3) is 0 Å². The van der Waals surface area contributed by atoms with E-state index in [0.29, 0.717) is 24.4 Å². The lowest BCUT2D eigenvalue weighted by Gasteiger charge is -2.37. The molecule has 0 saturated heterocycles. The summed E-state index contributed by atoms with van der Waals surface area (Å²) < 4.78 is 0. The smallest absolute Gasteiger partial charge is 0.282 e. The Balaban J connectivity index is 2.33. The van der Waals surface area contributed by atoms with Crippen LogP contribution in [0.5, 0.6) is 0 Å². The second-order valence-corrected chi connectivity index (χ2v) is 5.73. The van der Waals surface area contributed by atoms with Gasteiger partial charge in [-0.25, -0.2) is 0 Å². The zero-order valence-electron chi connectivity index (χ0n) is 12.0. The van der Waals surface area contributed by atoms with Crippen molar-refractivity contribution in [3.63, 3.8) is 0 Å². The van der Waals surface area contributed by atoms with E-state index in [9.17, 15) is 14.9 Å². The van der Waals surface area contributed by atoms with E-state index in [-0.39, 0.29) is 23.2 Å². The van der Waals surface area contributed by atoms with Crippen molar-refractivity contribution >= 4 is 23.2 Å². The van der Waals surface area contributed by atoms with Crippen LogP contribution in [-0.2, 0) is 0 Å². The normalized spacial score (nSPS) is 14.6. The standard InChI is InChI=1S/C15H19ClN2O3/c1-11-5-2-8-13(18(20)21)14(11)15(19)17(10-4-9-16)12-6-3-7-12/h2,5,8,12H,3-4,6-7,9-10H2,1H3. The molecule has 1 aliphatic rings. The highest BCUT2D eigenvalue weighted by Gasteiger charge is 2.33. The number of hydrogen-bond donors (Lipinski definition) is 0. The molecule has 1 amide bonds. The number of nitrogens with zero attached hydrogens (tertiary/aromatic N) is 2. The topological polar surface area (TPSA) is 63.5 Å². The van der Waals surface area contributed by atoms with Crippen LogP contribution in [-0.4, -0.2) is 34.2 Å². The molecule has 0 radical (unpaired) electrons. The third-order valence-electron chi connectivity index (χ3n) is 3.97. The first-order chi connectivity index (χ1) is 10.1. The van der Waals surface area contributed by atoms with Crippen LogP contribution < -0.4 is 0 Å². The lowest BCUT2D eigenvalue weighted by Crippen LogP contribution is -2.45. The summed E-state index contributed by atoms with van der Waals surface area (Å²) >= 11 is 5.73. The molecule has 1 fully saturated rings. The number of nitro groups is 1. The van der Waals surface area contributed by atoms with Gasteiger partial charge in [0.25, 0.3) is 11.6 Å². The first-order valence-electron chi connectivity index (χ1n) is 7.17. The van der Waals surface area contributed by atoms with Crippen LogP contribution in [0.1, 0.15) is 41.6 Å². The van der Waals surface area contributed by atoms with Gasteiger partial charge in [0.1, 0.15) is 5.56 Å². The highest BCUT2D eigenvalue weighted by atomic mass is 35.5. The molecule has 0 spiro atoms. The van der Waals surface area contributed by atoms with E-state index in [1.807, 2.05) is 0 Å². The number of nitro benzene ring substituents is 1. The van der Waals surface area contributed by atoms with E-state index in [1.54, 1.807) is 24.0 Å². The first kappa shape index (κ1) is 15.8. The fraction of sp³-hybridized carbons (Fsp3) is 0.533. The first-order valence-corrected chi connectivity index (χ1v) is 7.70. The summed E-state index contributed by atoms with van der Waals surface area (Å²) in [7, 11) is 0. The van der Waals surface area contributed by atoms with Crippen molar-refractivity contribution in [3.8, 4) is 0 Å². The highest BCUT2D eigenvalue weighted by molar-refractivity contribution is 6.17. The second-order valence-electron chi connectivity index (χ2n) is 5.35. The number of alkyl halides is 1. The Hall–Kier alpha value is -1.62. The van der Waals surface area contributed by atoms with Gasteiger partial charge in [-0.3, -0.25) is 14.9 Å². The molecule has 1 aromatic rings. The van der Waals surface area contributed by atoms with E-state index in [2.05, 4.69) is 0 Å². The zero-order chi connectivity index (χ0) is 15.4. The average Bonchev–Trinajstić information content (AvgIpc) is 2.40. The molecule has 0 heterocycles. The largest absolute Gasteiger partial charge is 0.335 e. The van der Waals surface area contributed by atoms with Crippen LogP contribution in [0.4, 0.5) is 5.69 Å². The summed E-state index contributed by atoms with van der Waals surface area (Å²) in [5, 5.41) is 11.2. The van der Waals surface area contributed by atoms with Crippen molar-refractivity contribution in [2.45, 2.75) is 38.6 Å². The van der Waals surface area contributed by atoms with Crippen molar-refractivity contribution in [2.75, 3.05) is 12.4 Å². The number of rotatable bonds is 6. The summed E-state index contributed by atoms with van der Waals surface area (Å²) in [4.78, 5) is 25.3. The summed E-state index contributed by atoms with van der Waals surface area (Å²) in [5.41, 5.74) is 0.739. The van der Waals surface area contributed by atoms with Crippen LogP contribution in [0.3, 0.4) is 0 Å². The number of carbonyl (C=O) groups excluding carboxylic acids is 1. The monoisotopic (exact) mass is 310 g/mol. The predicted molar refractivity (Wildman–Crippen MR) is 81.8 cm³/mol. The van der Waals surface area contributed by atoms with Crippen molar-refractivity contribution in [1.29, 1.82) is 0 Å². The van der Waals surface area contributed by atoms with Gasteiger partial charge in [-0.05, 0) is 38.2 Å². The SMILES string of the molecule is Cc1cccc([N+](=O)[O-])c1C(=O)N(CCCCl)C1CCC1. The highest BCUT2D eigenvalue weighted by Crippen LogP contribution is 2.30. The maximum Gasteiger partial charge on any atom is 0.282 e. The van der Waals surface area contributed by atoms with E-state index >= 15 is 0 Å². The molecule has 2 rings (SSSR count). The maximum atomic E-state index is 12.8. The number of carbonyl (C=O) groups is 1. The van der Waals surface area contributed by atoms with Crippen molar-refractivity contribution < 1.29 is 9.72 Å². The summed E-state index contributed by atoms with van der Waals surface area (Å²) in [5.74, 6) is 0.237. The van der Waals surface area contributed by atoms with Crippen LogP contribution in [0.15, 0.2) is 18.2 Å². The fourth-order valence-electron chi connectivity index (χ4n) is 2.60. The molecule has 0 bridgehead atoms. The van der Waals surface area contributed by atoms with Crippen LogP contribution in [0, 0.1) is 17.0 Å². The van der Waals surface area contributed by atoms with Gasteiger partial charge in [-0.2, -0.15) is 0 Å². The molecule has 0 N–H and O–H groups in total. The Labute approximate surface area is 129 Å². The lowest BCUT2D eigenvalue weighted by atomic mass is 9.90. The zero-order valence-corrected chi connectivity index (χ0v) is 12.8. The molecular formula is C15H19ClN2O3. The third-order valence-corrected chi connectivity index (χ3v) is 4.24. The van der Waals surface area contributed by atoms with Crippen molar-refractivity contribution in [2.24, 2.45) is 0 Å².